The normalized spacial score (nSPS) is 10.7. The molecule has 94 valence electrons. The van der Waals surface area contributed by atoms with Gasteiger partial charge in [0.1, 0.15) is 5.15 Å². The van der Waals surface area contributed by atoms with Crippen LogP contribution in [0.3, 0.4) is 0 Å². The van der Waals surface area contributed by atoms with Crippen molar-refractivity contribution in [2.75, 3.05) is 0 Å². The molecule has 0 atom stereocenters. The van der Waals surface area contributed by atoms with E-state index in [4.69, 9.17) is 11.6 Å². The van der Waals surface area contributed by atoms with Crippen molar-refractivity contribution in [3.05, 3.63) is 45.7 Å². The van der Waals surface area contributed by atoms with Gasteiger partial charge in [-0.3, -0.25) is 0 Å². The van der Waals surface area contributed by atoms with Crippen LogP contribution in [0.25, 0.3) is 11.4 Å². The maximum atomic E-state index is 6.23. The molecule has 0 aliphatic heterocycles. The second-order valence-electron chi connectivity index (χ2n) is 4.50. The van der Waals surface area contributed by atoms with E-state index >= 15 is 0 Å². The van der Waals surface area contributed by atoms with Crippen LogP contribution in [0, 0.1) is 20.8 Å². The zero-order valence-corrected chi connectivity index (χ0v) is 12.0. The lowest BCUT2D eigenvalue weighted by molar-refractivity contribution is 1.000. The summed E-state index contributed by atoms with van der Waals surface area (Å²) < 4.78 is 0. The Morgan fingerprint density at radius 3 is 2.44 bits per heavy atom. The topological polar surface area (TPSA) is 25.8 Å². The lowest BCUT2D eigenvalue weighted by atomic mass is 10.0. The molecule has 0 saturated heterocycles. The zero-order chi connectivity index (χ0) is 13.3. The Kier molecular flexibility index (Phi) is 3.67. The Morgan fingerprint density at radius 1 is 1.11 bits per heavy atom. The Morgan fingerprint density at radius 2 is 1.83 bits per heavy atom. The molecule has 1 heterocycles. The highest BCUT2D eigenvalue weighted by Gasteiger charge is 2.12. The summed E-state index contributed by atoms with van der Waals surface area (Å²) in [5, 5.41) is 0.570. The first-order valence-corrected chi connectivity index (χ1v) is 6.52. The maximum absolute atomic E-state index is 6.23. The van der Waals surface area contributed by atoms with Gasteiger partial charge in [0.15, 0.2) is 5.82 Å². The van der Waals surface area contributed by atoms with E-state index in [1.165, 1.54) is 11.1 Å². The van der Waals surface area contributed by atoms with E-state index in [1.54, 1.807) is 0 Å². The summed E-state index contributed by atoms with van der Waals surface area (Å²) in [6, 6.07) is 6.16. The Labute approximate surface area is 113 Å². The highest BCUT2D eigenvalue weighted by molar-refractivity contribution is 6.30. The molecule has 2 rings (SSSR count). The lowest BCUT2D eigenvalue weighted by Gasteiger charge is -2.11. The fourth-order valence-corrected chi connectivity index (χ4v) is 2.43. The van der Waals surface area contributed by atoms with Gasteiger partial charge in [-0.05, 0) is 38.3 Å². The highest BCUT2D eigenvalue weighted by atomic mass is 35.5. The van der Waals surface area contributed by atoms with Crippen LogP contribution in [-0.4, -0.2) is 9.97 Å². The third-order valence-electron chi connectivity index (χ3n) is 3.36. The minimum Gasteiger partial charge on any atom is -0.233 e. The number of aryl methyl sites for hydroxylation is 2. The van der Waals surface area contributed by atoms with Crippen LogP contribution < -0.4 is 0 Å². The molecule has 0 radical (unpaired) electrons. The maximum Gasteiger partial charge on any atom is 0.161 e. The van der Waals surface area contributed by atoms with Crippen LogP contribution in [0.5, 0.6) is 0 Å². The largest absolute Gasteiger partial charge is 0.233 e. The van der Waals surface area contributed by atoms with Gasteiger partial charge < -0.3 is 0 Å². The number of hydrogen-bond donors (Lipinski definition) is 0. The van der Waals surface area contributed by atoms with Gasteiger partial charge in [-0.15, -0.1) is 0 Å². The second-order valence-corrected chi connectivity index (χ2v) is 4.86. The molecule has 1 aromatic heterocycles. The minimum absolute atomic E-state index is 0.570. The molecule has 0 amide bonds. The zero-order valence-electron chi connectivity index (χ0n) is 11.2. The van der Waals surface area contributed by atoms with Crippen molar-refractivity contribution in [2.45, 2.75) is 34.1 Å². The standard InChI is InChI=1S/C15H17ClN2/c1-5-12-11(4)17-15(18-14(12)16)13-8-6-7-9(2)10(13)3/h6-8H,5H2,1-4H3. The van der Waals surface area contributed by atoms with Gasteiger partial charge in [0, 0.05) is 16.8 Å². The van der Waals surface area contributed by atoms with Gasteiger partial charge in [-0.2, -0.15) is 0 Å². The molecule has 0 fully saturated rings. The van der Waals surface area contributed by atoms with E-state index in [0.29, 0.717) is 5.15 Å². The predicted molar refractivity (Wildman–Crippen MR) is 76.1 cm³/mol. The van der Waals surface area contributed by atoms with Crippen molar-refractivity contribution in [3.8, 4) is 11.4 Å². The molecule has 0 bridgehead atoms. The summed E-state index contributed by atoms with van der Waals surface area (Å²) in [6.45, 7) is 8.23. The number of nitrogens with zero attached hydrogens (tertiary/aromatic N) is 2. The Bertz CT molecular complexity index is 568. The summed E-state index contributed by atoms with van der Waals surface area (Å²) in [4.78, 5) is 9.01. The smallest absolute Gasteiger partial charge is 0.161 e. The molecular formula is C15H17ClN2. The third-order valence-corrected chi connectivity index (χ3v) is 3.68. The molecule has 2 aromatic rings. The van der Waals surface area contributed by atoms with Gasteiger partial charge in [0.2, 0.25) is 0 Å². The fourth-order valence-electron chi connectivity index (χ4n) is 2.08. The average Bonchev–Trinajstić information content (AvgIpc) is 2.32. The van der Waals surface area contributed by atoms with E-state index in [0.717, 1.165) is 29.1 Å². The number of aromatic nitrogens is 2. The van der Waals surface area contributed by atoms with Crippen molar-refractivity contribution < 1.29 is 0 Å². The summed E-state index contributed by atoms with van der Waals surface area (Å²) in [7, 11) is 0. The van der Waals surface area contributed by atoms with Crippen LogP contribution in [0.15, 0.2) is 18.2 Å². The summed E-state index contributed by atoms with van der Waals surface area (Å²) in [5.41, 5.74) is 5.50. The van der Waals surface area contributed by atoms with Gasteiger partial charge in [-0.1, -0.05) is 36.7 Å². The highest BCUT2D eigenvalue weighted by Crippen LogP contribution is 2.26. The number of halogens is 1. The van der Waals surface area contributed by atoms with Gasteiger partial charge >= 0.3 is 0 Å². The molecule has 2 nitrogen and oxygen atoms in total. The lowest BCUT2D eigenvalue weighted by Crippen LogP contribution is -2.00. The second kappa shape index (κ2) is 5.07. The first kappa shape index (κ1) is 13.0. The summed E-state index contributed by atoms with van der Waals surface area (Å²) in [5.74, 6) is 0.718. The number of hydrogen-bond acceptors (Lipinski definition) is 2. The van der Waals surface area contributed by atoms with Crippen LogP contribution in [0.4, 0.5) is 0 Å². The first-order chi connectivity index (χ1) is 8.54. The van der Waals surface area contributed by atoms with Crippen molar-refractivity contribution >= 4 is 11.6 Å². The van der Waals surface area contributed by atoms with Crippen LogP contribution in [0.2, 0.25) is 5.15 Å². The third kappa shape index (κ3) is 2.25. The molecule has 0 saturated carbocycles. The van der Waals surface area contributed by atoms with Gasteiger partial charge in [0.25, 0.3) is 0 Å². The monoisotopic (exact) mass is 260 g/mol. The van der Waals surface area contributed by atoms with Crippen molar-refractivity contribution in [1.82, 2.24) is 9.97 Å². The molecule has 0 spiro atoms. The van der Waals surface area contributed by atoms with Crippen LogP contribution >= 0.6 is 11.6 Å². The predicted octanol–water partition coefficient (Wildman–Crippen LogP) is 4.28. The number of benzene rings is 1. The Balaban J connectivity index is 2.62. The first-order valence-electron chi connectivity index (χ1n) is 6.14. The van der Waals surface area contributed by atoms with Gasteiger partial charge in [0.05, 0.1) is 0 Å². The minimum atomic E-state index is 0.570. The molecule has 0 aliphatic carbocycles. The molecule has 1 aromatic carbocycles. The van der Waals surface area contributed by atoms with E-state index in [9.17, 15) is 0 Å². The van der Waals surface area contributed by atoms with E-state index < -0.39 is 0 Å². The average molecular weight is 261 g/mol. The molecule has 3 heteroatoms. The van der Waals surface area contributed by atoms with Crippen LogP contribution in [-0.2, 0) is 6.42 Å². The summed E-state index contributed by atoms with van der Waals surface area (Å²) >= 11 is 6.23. The van der Waals surface area contributed by atoms with Crippen LogP contribution in [0.1, 0.15) is 29.3 Å². The van der Waals surface area contributed by atoms with E-state index in [-0.39, 0.29) is 0 Å². The van der Waals surface area contributed by atoms with E-state index in [2.05, 4.69) is 36.8 Å². The summed E-state index contributed by atoms with van der Waals surface area (Å²) in [6.07, 6.45) is 0.859. The molecule has 0 N–H and O–H groups in total. The molecule has 0 unspecified atom stereocenters. The SMILES string of the molecule is CCc1c(C)nc(-c2cccc(C)c2C)nc1Cl. The van der Waals surface area contributed by atoms with Crippen molar-refractivity contribution in [2.24, 2.45) is 0 Å². The van der Waals surface area contributed by atoms with Gasteiger partial charge in [-0.25, -0.2) is 9.97 Å². The van der Waals surface area contributed by atoms with Crippen molar-refractivity contribution in [3.63, 3.8) is 0 Å². The molecule has 0 aliphatic rings. The molecular weight excluding hydrogens is 244 g/mol. The number of rotatable bonds is 2. The Hall–Kier alpha value is -1.41. The quantitative estimate of drug-likeness (QED) is 0.753. The fraction of sp³-hybridized carbons (Fsp3) is 0.333. The van der Waals surface area contributed by atoms with Crippen molar-refractivity contribution in [1.29, 1.82) is 0 Å². The van der Waals surface area contributed by atoms with E-state index in [1.807, 2.05) is 19.1 Å². The molecule has 18 heavy (non-hydrogen) atoms.